The molecule has 2 aromatic carbocycles. The lowest BCUT2D eigenvalue weighted by atomic mass is 10.1. The van der Waals surface area contributed by atoms with Crippen LogP contribution in [0.5, 0.6) is 0 Å². The third-order valence-corrected chi connectivity index (χ3v) is 4.99. The number of rotatable bonds is 6. The zero-order valence-electron chi connectivity index (χ0n) is 16.7. The number of amides is 1. The highest BCUT2D eigenvalue weighted by molar-refractivity contribution is 6.30. The Balaban J connectivity index is 1.52. The van der Waals surface area contributed by atoms with Gasteiger partial charge in [0.1, 0.15) is 12.1 Å². The van der Waals surface area contributed by atoms with E-state index in [0.29, 0.717) is 22.1 Å². The van der Waals surface area contributed by atoms with Gasteiger partial charge in [0.05, 0.1) is 0 Å². The molecule has 156 valence electrons. The summed E-state index contributed by atoms with van der Waals surface area (Å²) in [5.74, 6) is 0.116. The van der Waals surface area contributed by atoms with Gasteiger partial charge in [-0.15, -0.1) is 0 Å². The van der Waals surface area contributed by atoms with Crippen molar-refractivity contribution in [1.29, 1.82) is 0 Å². The molecule has 0 aliphatic heterocycles. The number of benzene rings is 2. The zero-order valence-corrected chi connectivity index (χ0v) is 17.5. The van der Waals surface area contributed by atoms with Crippen LogP contribution in [0.4, 0.5) is 5.69 Å². The summed E-state index contributed by atoms with van der Waals surface area (Å²) in [4.78, 5) is 29.6. The molecule has 0 saturated carbocycles. The van der Waals surface area contributed by atoms with E-state index < -0.39 is 5.56 Å². The SMILES string of the molecule is CCc1ccc(NC(=O)Cn2cccc(-c3nc(-c4ccc(Cl)cc4)no3)c2=O)cc1. The van der Waals surface area contributed by atoms with E-state index in [4.69, 9.17) is 16.1 Å². The predicted octanol–water partition coefficient (Wildman–Crippen LogP) is 4.42. The average Bonchev–Trinajstić information content (AvgIpc) is 3.26. The molecule has 0 aliphatic carbocycles. The summed E-state index contributed by atoms with van der Waals surface area (Å²) in [6, 6.07) is 17.8. The number of anilines is 1. The van der Waals surface area contributed by atoms with Crippen LogP contribution in [0, 0.1) is 0 Å². The normalized spacial score (nSPS) is 10.8. The van der Waals surface area contributed by atoms with Gasteiger partial charge in [0, 0.05) is 22.5 Å². The van der Waals surface area contributed by atoms with Gasteiger partial charge in [0.25, 0.3) is 11.4 Å². The van der Waals surface area contributed by atoms with E-state index in [0.717, 1.165) is 6.42 Å². The molecule has 0 bridgehead atoms. The summed E-state index contributed by atoms with van der Waals surface area (Å²) in [5, 5.41) is 7.33. The van der Waals surface area contributed by atoms with E-state index in [1.165, 1.54) is 10.1 Å². The average molecular weight is 435 g/mol. The van der Waals surface area contributed by atoms with Gasteiger partial charge in [-0.2, -0.15) is 4.98 Å². The molecule has 0 spiro atoms. The molecule has 8 heteroatoms. The van der Waals surface area contributed by atoms with Gasteiger partial charge in [-0.25, -0.2) is 0 Å². The second kappa shape index (κ2) is 8.97. The molecule has 0 fully saturated rings. The maximum Gasteiger partial charge on any atom is 0.263 e. The second-order valence-electron chi connectivity index (χ2n) is 6.88. The monoisotopic (exact) mass is 434 g/mol. The van der Waals surface area contributed by atoms with Crippen LogP contribution >= 0.6 is 11.6 Å². The van der Waals surface area contributed by atoms with Crippen molar-refractivity contribution in [2.45, 2.75) is 19.9 Å². The number of carbonyl (C=O) groups is 1. The maximum atomic E-state index is 12.9. The van der Waals surface area contributed by atoms with Crippen molar-refractivity contribution in [2.24, 2.45) is 0 Å². The Morgan fingerprint density at radius 3 is 2.55 bits per heavy atom. The Morgan fingerprint density at radius 2 is 1.84 bits per heavy atom. The van der Waals surface area contributed by atoms with Crippen molar-refractivity contribution in [3.8, 4) is 22.8 Å². The summed E-state index contributed by atoms with van der Waals surface area (Å²) in [6.07, 6.45) is 2.47. The van der Waals surface area contributed by atoms with Crippen LogP contribution in [0.2, 0.25) is 5.02 Å². The van der Waals surface area contributed by atoms with Gasteiger partial charge in [-0.05, 0) is 60.5 Å². The number of nitrogens with zero attached hydrogens (tertiary/aromatic N) is 3. The predicted molar refractivity (Wildman–Crippen MR) is 119 cm³/mol. The molecule has 4 rings (SSSR count). The standard InChI is InChI=1S/C23H19ClN4O3/c1-2-15-5-11-18(12-6-15)25-20(29)14-28-13-3-4-19(23(28)30)22-26-21(27-31-22)16-7-9-17(24)10-8-16/h3-13H,2,14H2,1H3,(H,25,29). The Labute approximate surface area is 183 Å². The number of aromatic nitrogens is 3. The Hall–Kier alpha value is -3.71. The first-order chi connectivity index (χ1) is 15.0. The molecule has 0 saturated heterocycles. The molecule has 7 nitrogen and oxygen atoms in total. The highest BCUT2D eigenvalue weighted by Crippen LogP contribution is 2.21. The fourth-order valence-corrected chi connectivity index (χ4v) is 3.18. The van der Waals surface area contributed by atoms with Gasteiger partial charge in [-0.1, -0.05) is 35.8 Å². The lowest BCUT2D eigenvalue weighted by Crippen LogP contribution is -2.28. The molecule has 2 aromatic heterocycles. The van der Waals surface area contributed by atoms with Crippen LogP contribution in [-0.2, 0) is 17.8 Å². The Morgan fingerprint density at radius 1 is 1.10 bits per heavy atom. The minimum absolute atomic E-state index is 0.0832. The van der Waals surface area contributed by atoms with E-state index in [2.05, 4.69) is 22.4 Å². The third-order valence-electron chi connectivity index (χ3n) is 4.74. The summed E-state index contributed by atoms with van der Waals surface area (Å²) >= 11 is 5.90. The van der Waals surface area contributed by atoms with E-state index in [9.17, 15) is 9.59 Å². The number of carbonyl (C=O) groups excluding carboxylic acids is 1. The largest absolute Gasteiger partial charge is 0.333 e. The molecule has 31 heavy (non-hydrogen) atoms. The highest BCUT2D eigenvalue weighted by atomic mass is 35.5. The lowest BCUT2D eigenvalue weighted by Gasteiger charge is -2.08. The van der Waals surface area contributed by atoms with Crippen LogP contribution < -0.4 is 10.9 Å². The molecule has 0 unspecified atom stereocenters. The van der Waals surface area contributed by atoms with Crippen LogP contribution in [0.3, 0.4) is 0 Å². The minimum Gasteiger partial charge on any atom is -0.333 e. The van der Waals surface area contributed by atoms with Gasteiger partial charge in [0.2, 0.25) is 11.7 Å². The summed E-state index contributed by atoms with van der Waals surface area (Å²) in [7, 11) is 0. The molecule has 1 amide bonds. The lowest BCUT2D eigenvalue weighted by molar-refractivity contribution is -0.116. The highest BCUT2D eigenvalue weighted by Gasteiger charge is 2.16. The number of nitrogens with one attached hydrogen (secondary N) is 1. The zero-order chi connectivity index (χ0) is 21.8. The fourth-order valence-electron chi connectivity index (χ4n) is 3.05. The van der Waals surface area contributed by atoms with Crippen molar-refractivity contribution in [3.63, 3.8) is 0 Å². The molecular formula is C23H19ClN4O3. The van der Waals surface area contributed by atoms with E-state index in [1.54, 1.807) is 42.6 Å². The fraction of sp³-hybridized carbons (Fsp3) is 0.130. The minimum atomic E-state index is -0.398. The van der Waals surface area contributed by atoms with Gasteiger partial charge < -0.3 is 14.4 Å². The first kappa shape index (κ1) is 20.6. The molecule has 1 N–H and O–H groups in total. The molecule has 0 atom stereocenters. The van der Waals surface area contributed by atoms with Crippen LogP contribution in [-0.4, -0.2) is 20.6 Å². The second-order valence-corrected chi connectivity index (χ2v) is 7.32. The van der Waals surface area contributed by atoms with Crippen molar-refractivity contribution in [1.82, 2.24) is 14.7 Å². The first-order valence-electron chi connectivity index (χ1n) is 9.72. The summed E-state index contributed by atoms with van der Waals surface area (Å²) < 4.78 is 6.59. The Bertz CT molecular complexity index is 1260. The van der Waals surface area contributed by atoms with Crippen molar-refractivity contribution >= 4 is 23.2 Å². The number of hydrogen-bond acceptors (Lipinski definition) is 5. The van der Waals surface area contributed by atoms with Gasteiger partial charge >= 0.3 is 0 Å². The van der Waals surface area contributed by atoms with Crippen molar-refractivity contribution in [3.05, 3.63) is 87.8 Å². The van der Waals surface area contributed by atoms with E-state index in [-0.39, 0.29) is 23.9 Å². The molecule has 2 heterocycles. The molecular weight excluding hydrogens is 416 g/mol. The number of hydrogen-bond donors (Lipinski definition) is 1. The summed E-state index contributed by atoms with van der Waals surface area (Å²) in [6.45, 7) is 1.93. The number of halogens is 1. The van der Waals surface area contributed by atoms with Crippen LogP contribution in [0.25, 0.3) is 22.8 Å². The summed E-state index contributed by atoms with van der Waals surface area (Å²) in [5.41, 5.74) is 2.39. The quantitative estimate of drug-likeness (QED) is 0.485. The van der Waals surface area contributed by atoms with Crippen molar-refractivity contribution < 1.29 is 9.32 Å². The maximum absolute atomic E-state index is 12.9. The molecule has 0 aliphatic rings. The van der Waals surface area contributed by atoms with Crippen LogP contribution in [0.1, 0.15) is 12.5 Å². The number of aryl methyl sites for hydroxylation is 1. The first-order valence-corrected chi connectivity index (χ1v) is 10.1. The Kier molecular flexibility index (Phi) is 5.95. The topological polar surface area (TPSA) is 90.0 Å². The van der Waals surface area contributed by atoms with Crippen molar-refractivity contribution in [2.75, 3.05) is 5.32 Å². The van der Waals surface area contributed by atoms with Gasteiger partial charge in [0.15, 0.2) is 0 Å². The molecule has 0 radical (unpaired) electrons. The number of pyridine rings is 1. The van der Waals surface area contributed by atoms with E-state index >= 15 is 0 Å². The smallest absolute Gasteiger partial charge is 0.263 e. The van der Waals surface area contributed by atoms with Crippen LogP contribution in [0.15, 0.2) is 76.2 Å². The van der Waals surface area contributed by atoms with Gasteiger partial charge in [-0.3, -0.25) is 9.59 Å². The molecule has 4 aromatic rings. The third kappa shape index (κ3) is 4.73. The van der Waals surface area contributed by atoms with E-state index in [1.807, 2.05) is 24.3 Å².